The summed E-state index contributed by atoms with van der Waals surface area (Å²) in [6.45, 7) is 15.2. The minimum absolute atomic E-state index is 0. The van der Waals surface area contributed by atoms with Crippen LogP contribution in [0, 0.1) is 13.8 Å². The SMILES string of the molecule is CCC[N+](CCC)(CCC)c1ccc(C)cc1C.[B-]. The fourth-order valence-corrected chi connectivity index (χ4v) is 3.32. The summed E-state index contributed by atoms with van der Waals surface area (Å²) in [5, 5.41) is 0. The molecule has 0 saturated heterocycles. The Hall–Kier alpha value is -0.755. The molecule has 4 radical (unpaired) electrons. The fraction of sp³-hybridized carbons (Fsp3) is 0.647. The number of aryl methyl sites for hydroxylation is 2. The molecule has 0 aliphatic heterocycles. The molecule has 0 spiro atoms. The van der Waals surface area contributed by atoms with Crippen LogP contribution >= 0.6 is 0 Å². The summed E-state index contributed by atoms with van der Waals surface area (Å²) < 4.78 is 1.18. The van der Waals surface area contributed by atoms with Gasteiger partial charge >= 0.3 is 0 Å². The zero-order valence-corrected chi connectivity index (χ0v) is 13.5. The van der Waals surface area contributed by atoms with E-state index in [1.165, 1.54) is 54.5 Å². The molecule has 0 heterocycles. The summed E-state index contributed by atoms with van der Waals surface area (Å²) in [6, 6.07) is 6.98. The predicted molar refractivity (Wildman–Crippen MR) is 88.9 cm³/mol. The van der Waals surface area contributed by atoms with Gasteiger partial charge in [0.05, 0.1) is 19.6 Å². The summed E-state index contributed by atoms with van der Waals surface area (Å²) in [6.07, 6.45) is 3.77. The first-order valence-electron chi connectivity index (χ1n) is 7.53. The Morgan fingerprint density at radius 2 is 1.32 bits per heavy atom. The van der Waals surface area contributed by atoms with E-state index in [1.807, 2.05) is 0 Å². The molecule has 2 heteroatoms. The molecule has 1 nitrogen and oxygen atoms in total. The number of hydrogen-bond donors (Lipinski definition) is 0. The van der Waals surface area contributed by atoms with E-state index in [1.54, 1.807) is 5.69 Å². The van der Waals surface area contributed by atoms with E-state index in [2.05, 4.69) is 52.8 Å². The Balaban J connectivity index is 0.00000324. The highest BCUT2D eigenvalue weighted by molar-refractivity contribution is 5.75. The molecule has 0 aromatic heterocycles. The Labute approximate surface area is 122 Å². The van der Waals surface area contributed by atoms with Gasteiger partial charge in [-0.3, -0.25) is 4.48 Å². The van der Waals surface area contributed by atoms with Crippen molar-refractivity contribution in [1.82, 2.24) is 4.48 Å². The van der Waals surface area contributed by atoms with Crippen LogP contribution in [0.15, 0.2) is 18.2 Å². The highest BCUT2D eigenvalue weighted by Crippen LogP contribution is 2.29. The van der Waals surface area contributed by atoms with Crippen molar-refractivity contribution >= 4 is 14.1 Å². The van der Waals surface area contributed by atoms with Gasteiger partial charge < -0.3 is 8.41 Å². The molecule has 0 unspecified atom stereocenters. The van der Waals surface area contributed by atoms with E-state index in [4.69, 9.17) is 0 Å². The monoisotopic (exact) mass is 259 g/mol. The quantitative estimate of drug-likeness (QED) is 0.501. The third-order valence-electron chi connectivity index (χ3n) is 3.82. The van der Waals surface area contributed by atoms with Gasteiger partial charge in [-0.15, -0.1) is 0 Å². The zero-order valence-electron chi connectivity index (χ0n) is 13.5. The van der Waals surface area contributed by atoms with Gasteiger partial charge in [-0.25, -0.2) is 0 Å². The fourth-order valence-electron chi connectivity index (χ4n) is 3.32. The Kier molecular flexibility index (Phi) is 8.09. The molecule has 1 aromatic rings. The third-order valence-corrected chi connectivity index (χ3v) is 3.82. The molecule has 0 saturated carbocycles. The topological polar surface area (TPSA) is 0 Å². The summed E-state index contributed by atoms with van der Waals surface area (Å²) >= 11 is 0. The van der Waals surface area contributed by atoms with E-state index in [0.717, 1.165) is 0 Å². The average Bonchev–Trinajstić information content (AvgIpc) is 2.29. The second-order valence-corrected chi connectivity index (χ2v) is 5.61. The van der Waals surface area contributed by atoms with Gasteiger partial charge in [-0.05, 0) is 39.2 Å². The molecule has 0 bridgehead atoms. The maximum atomic E-state index is 2.37. The standard InChI is InChI=1S/C17H30N.B/c1-6-11-18(12-7-2,13-8-3)17-10-9-15(4)14-16(17)5;/h9-10,14H,6-8,11-13H2,1-5H3;/q+1;-1. The van der Waals surface area contributed by atoms with Crippen LogP contribution in [0.1, 0.15) is 51.2 Å². The molecule has 1 aromatic carbocycles. The number of benzene rings is 1. The maximum absolute atomic E-state index is 2.37. The first-order valence-corrected chi connectivity index (χ1v) is 7.53. The second-order valence-electron chi connectivity index (χ2n) is 5.61. The average molecular weight is 259 g/mol. The first-order chi connectivity index (χ1) is 8.59. The lowest BCUT2D eigenvalue weighted by Gasteiger charge is -2.39. The van der Waals surface area contributed by atoms with Gasteiger partial charge in [0.15, 0.2) is 0 Å². The van der Waals surface area contributed by atoms with Crippen molar-refractivity contribution in [3.63, 3.8) is 0 Å². The van der Waals surface area contributed by atoms with Crippen LogP contribution in [0.25, 0.3) is 0 Å². The van der Waals surface area contributed by atoms with Crippen molar-refractivity contribution in [2.75, 3.05) is 19.6 Å². The van der Waals surface area contributed by atoms with Gasteiger partial charge in [0.25, 0.3) is 0 Å². The second kappa shape index (κ2) is 8.42. The third kappa shape index (κ3) is 4.38. The molecule has 1 rings (SSSR count). The van der Waals surface area contributed by atoms with E-state index < -0.39 is 0 Å². The Morgan fingerprint density at radius 3 is 1.68 bits per heavy atom. The van der Waals surface area contributed by atoms with Crippen LogP contribution in [-0.4, -0.2) is 28.0 Å². The zero-order chi connectivity index (χ0) is 13.6. The summed E-state index contributed by atoms with van der Waals surface area (Å²) in [7, 11) is 0. The molecule has 0 atom stereocenters. The summed E-state index contributed by atoms with van der Waals surface area (Å²) in [5.74, 6) is 0. The van der Waals surface area contributed by atoms with E-state index >= 15 is 0 Å². The van der Waals surface area contributed by atoms with Gasteiger partial charge in [-0.2, -0.15) is 0 Å². The van der Waals surface area contributed by atoms with E-state index in [9.17, 15) is 0 Å². The minimum atomic E-state index is 0. The molecule has 0 fully saturated rings. The van der Waals surface area contributed by atoms with E-state index in [-0.39, 0.29) is 8.41 Å². The van der Waals surface area contributed by atoms with Crippen molar-refractivity contribution in [1.29, 1.82) is 0 Å². The van der Waals surface area contributed by atoms with Crippen molar-refractivity contribution in [2.45, 2.75) is 53.9 Å². The van der Waals surface area contributed by atoms with Gasteiger partial charge in [0.1, 0.15) is 5.69 Å². The number of hydrogen-bond acceptors (Lipinski definition) is 0. The maximum Gasteiger partial charge on any atom is 0.135 e. The van der Waals surface area contributed by atoms with Crippen LogP contribution in [-0.2, 0) is 0 Å². The Morgan fingerprint density at radius 1 is 0.842 bits per heavy atom. The van der Waals surface area contributed by atoms with E-state index in [0.29, 0.717) is 0 Å². The molecule has 0 aliphatic rings. The van der Waals surface area contributed by atoms with Crippen molar-refractivity contribution in [2.24, 2.45) is 0 Å². The molecule has 106 valence electrons. The molecule has 0 N–H and O–H groups in total. The molecule has 0 amide bonds. The largest absolute Gasteiger partial charge is 1.00 e. The first kappa shape index (κ1) is 18.2. The minimum Gasteiger partial charge on any atom is -1.00 e. The Bertz CT molecular complexity index is 357. The van der Waals surface area contributed by atoms with Gasteiger partial charge in [0, 0.05) is 5.56 Å². The molecular weight excluding hydrogens is 229 g/mol. The van der Waals surface area contributed by atoms with Crippen molar-refractivity contribution < 1.29 is 0 Å². The molecular formula is C17H30BN. The predicted octanol–water partition coefficient (Wildman–Crippen LogP) is 4.46. The van der Waals surface area contributed by atoms with Gasteiger partial charge in [-0.1, -0.05) is 38.5 Å². The smallest absolute Gasteiger partial charge is 0.135 e. The van der Waals surface area contributed by atoms with Crippen LogP contribution < -0.4 is 4.48 Å². The van der Waals surface area contributed by atoms with Crippen molar-refractivity contribution in [3.8, 4) is 0 Å². The number of quaternary nitrogens is 1. The molecule has 19 heavy (non-hydrogen) atoms. The highest BCUT2D eigenvalue weighted by Gasteiger charge is 2.29. The summed E-state index contributed by atoms with van der Waals surface area (Å²) in [4.78, 5) is 0. The van der Waals surface area contributed by atoms with Crippen LogP contribution in [0.5, 0.6) is 0 Å². The lowest BCUT2D eigenvalue weighted by atomic mass is 10.1. The van der Waals surface area contributed by atoms with Gasteiger partial charge in [0.2, 0.25) is 0 Å². The van der Waals surface area contributed by atoms with Crippen LogP contribution in [0.2, 0.25) is 0 Å². The normalized spacial score (nSPS) is 11.2. The van der Waals surface area contributed by atoms with Crippen molar-refractivity contribution in [3.05, 3.63) is 29.3 Å². The lowest BCUT2D eigenvalue weighted by molar-refractivity contribution is 0.272. The lowest BCUT2D eigenvalue weighted by Crippen LogP contribution is -2.51. The van der Waals surface area contributed by atoms with Crippen LogP contribution in [0.3, 0.4) is 0 Å². The molecule has 0 aliphatic carbocycles. The highest BCUT2D eigenvalue weighted by atomic mass is 15.4. The number of nitrogens with zero attached hydrogens (tertiary/aromatic N) is 1. The summed E-state index contributed by atoms with van der Waals surface area (Å²) in [5.41, 5.74) is 4.38. The van der Waals surface area contributed by atoms with Crippen LogP contribution in [0.4, 0.5) is 5.69 Å². The number of rotatable bonds is 7.